The van der Waals surface area contributed by atoms with Crippen molar-refractivity contribution < 1.29 is 22.7 Å². The fourth-order valence-corrected chi connectivity index (χ4v) is 2.26. The largest absolute Gasteiger partial charge is 0.484 e. The first-order valence-electron chi connectivity index (χ1n) is 6.00. The van der Waals surface area contributed by atoms with E-state index in [4.69, 9.17) is 16.3 Å². The van der Waals surface area contributed by atoms with E-state index in [0.717, 1.165) is 12.8 Å². The number of halogens is 4. The molecule has 1 aliphatic carbocycles. The molecule has 0 bridgehead atoms. The SMILES string of the molecule is CC(=O)NC1(c2cc(Cl)cc(OCC(F)(F)F)c2)CC1. The topological polar surface area (TPSA) is 38.3 Å². The molecule has 1 N–H and O–H groups in total. The predicted molar refractivity (Wildman–Crippen MR) is 67.7 cm³/mol. The number of hydrogen-bond acceptors (Lipinski definition) is 2. The average Bonchev–Trinajstić information content (AvgIpc) is 3.05. The summed E-state index contributed by atoms with van der Waals surface area (Å²) in [6.45, 7) is 0.0194. The molecule has 1 saturated carbocycles. The molecule has 110 valence electrons. The molecule has 0 unspecified atom stereocenters. The monoisotopic (exact) mass is 307 g/mol. The Kier molecular flexibility index (Phi) is 3.86. The van der Waals surface area contributed by atoms with E-state index in [0.29, 0.717) is 5.56 Å². The quantitative estimate of drug-likeness (QED) is 0.926. The highest BCUT2D eigenvalue weighted by molar-refractivity contribution is 6.30. The van der Waals surface area contributed by atoms with Crippen molar-refractivity contribution in [1.29, 1.82) is 0 Å². The molecule has 20 heavy (non-hydrogen) atoms. The molecule has 1 aromatic carbocycles. The fourth-order valence-electron chi connectivity index (χ4n) is 2.04. The Hall–Kier alpha value is -1.43. The zero-order valence-corrected chi connectivity index (χ0v) is 11.4. The van der Waals surface area contributed by atoms with Gasteiger partial charge in [-0.15, -0.1) is 0 Å². The summed E-state index contributed by atoms with van der Waals surface area (Å²) < 4.78 is 41.1. The molecule has 1 aliphatic rings. The van der Waals surface area contributed by atoms with E-state index >= 15 is 0 Å². The first-order valence-corrected chi connectivity index (χ1v) is 6.37. The number of ether oxygens (including phenoxy) is 1. The molecule has 0 aromatic heterocycles. The van der Waals surface area contributed by atoms with Crippen molar-refractivity contribution >= 4 is 17.5 Å². The summed E-state index contributed by atoms with van der Waals surface area (Å²) in [4.78, 5) is 11.2. The molecule has 1 fully saturated rings. The van der Waals surface area contributed by atoms with Crippen molar-refractivity contribution in [3.05, 3.63) is 28.8 Å². The van der Waals surface area contributed by atoms with E-state index < -0.39 is 18.3 Å². The Morgan fingerprint density at radius 3 is 2.55 bits per heavy atom. The first kappa shape index (κ1) is 15.0. The van der Waals surface area contributed by atoms with Gasteiger partial charge in [0.1, 0.15) is 5.75 Å². The number of nitrogens with one attached hydrogen (secondary N) is 1. The molecule has 0 atom stereocenters. The van der Waals surface area contributed by atoms with Gasteiger partial charge in [0, 0.05) is 11.9 Å². The maximum Gasteiger partial charge on any atom is 0.422 e. The van der Waals surface area contributed by atoms with E-state index in [1.54, 1.807) is 6.07 Å². The van der Waals surface area contributed by atoms with Crippen LogP contribution in [-0.4, -0.2) is 18.7 Å². The maximum atomic E-state index is 12.1. The van der Waals surface area contributed by atoms with Crippen LogP contribution in [0.15, 0.2) is 18.2 Å². The standard InChI is InChI=1S/C13H13ClF3NO2/c1-8(19)18-12(2-3-12)9-4-10(14)6-11(5-9)20-7-13(15,16)17/h4-6H,2-3,7H2,1H3,(H,18,19). The van der Waals surface area contributed by atoms with Gasteiger partial charge in [0.15, 0.2) is 6.61 Å². The number of hydrogen-bond donors (Lipinski definition) is 1. The van der Waals surface area contributed by atoms with Crippen molar-refractivity contribution in [2.24, 2.45) is 0 Å². The molecule has 0 spiro atoms. The van der Waals surface area contributed by atoms with Gasteiger partial charge < -0.3 is 10.1 Å². The average molecular weight is 308 g/mol. The highest BCUT2D eigenvalue weighted by Crippen LogP contribution is 2.47. The van der Waals surface area contributed by atoms with E-state index in [-0.39, 0.29) is 16.7 Å². The molecule has 0 saturated heterocycles. The van der Waals surface area contributed by atoms with Crippen LogP contribution >= 0.6 is 11.6 Å². The van der Waals surface area contributed by atoms with Gasteiger partial charge in [-0.3, -0.25) is 4.79 Å². The van der Waals surface area contributed by atoms with Gasteiger partial charge in [-0.2, -0.15) is 13.2 Å². The highest BCUT2D eigenvalue weighted by Gasteiger charge is 2.45. The lowest BCUT2D eigenvalue weighted by molar-refractivity contribution is -0.153. The highest BCUT2D eigenvalue weighted by atomic mass is 35.5. The number of carbonyl (C=O) groups excluding carboxylic acids is 1. The van der Waals surface area contributed by atoms with E-state index in [1.165, 1.54) is 19.1 Å². The van der Waals surface area contributed by atoms with Crippen molar-refractivity contribution in [3.8, 4) is 5.75 Å². The van der Waals surface area contributed by atoms with Gasteiger partial charge in [0.05, 0.1) is 5.54 Å². The Morgan fingerprint density at radius 2 is 2.05 bits per heavy atom. The Labute approximate surface area is 119 Å². The van der Waals surface area contributed by atoms with Crippen molar-refractivity contribution in [3.63, 3.8) is 0 Å². The van der Waals surface area contributed by atoms with Gasteiger partial charge in [-0.25, -0.2) is 0 Å². The Bertz CT molecular complexity index is 527. The van der Waals surface area contributed by atoms with Gasteiger partial charge in [0.2, 0.25) is 5.91 Å². The maximum absolute atomic E-state index is 12.1. The molecule has 1 aromatic rings. The molecule has 1 amide bonds. The lowest BCUT2D eigenvalue weighted by Crippen LogP contribution is -2.32. The minimum Gasteiger partial charge on any atom is -0.484 e. The van der Waals surface area contributed by atoms with Gasteiger partial charge in [0.25, 0.3) is 0 Å². The third-order valence-corrected chi connectivity index (χ3v) is 3.21. The molecule has 0 radical (unpaired) electrons. The van der Waals surface area contributed by atoms with Crippen LogP contribution in [-0.2, 0) is 10.3 Å². The van der Waals surface area contributed by atoms with E-state index in [1.807, 2.05) is 0 Å². The van der Waals surface area contributed by atoms with Crippen molar-refractivity contribution in [2.45, 2.75) is 31.5 Å². The summed E-state index contributed by atoms with van der Waals surface area (Å²) in [7, 11) is 0. The zero-order chi connectivity index (χ0) is 15.0. The van der Waals surface area contributed by atoms with E-state index in [2.05, 4.69) is 5.32 Å². The summed E-state index contributed by atoms with van der Waals surface area (Å²) in [6.07, 6.45) is -2.95. The number of amides is 1. The third kappa shape index (κ3) is 3.79. The molecular formula is C13H13ClF3NO2. The molecule has 0 heterocycles. The zero-order valence-electron chi connectivity index (χ0n) is 10.7. The molecule has 3 nitrogen and oxygen atoms in total. The predicted octanol–water partition coefficient (Wildman–Crippen LogP) is 3.41. The van der Waals surface area contributed by atoms with Crippen LogP contribution in [0.4, 0.5) is 13.2 Å². The van der Waals surface area contributed by atoms with Gasteiger partial charge in [-0.05, 0) is 36.6 Å². The number of alkyl halides is 3. The summed E-state index contributed by atoms with van der Waals surface area (Å²) >= 11 is 5.90. The summed E-state index contributed by atoms with van der Waals surface area (Å²) in [6, 6.07) is 4.44. The molecular weight excluding hydrogens is 295 g/mol. The summed E-state index contributed by atoms with van der Waals surface area (Å²) in [5.74, 6) is -0.151. The summed E-state index contributed by atoms with van der Waals surface area (Å²) in [5, 5.41) is 3.07. The molecule has 2 rings (SSSR count). The van der Waals surface area contributed by atoms with Crippen LogP contribution in [0.5, 0.6) is 5.75 Å². The number of rotatable bonds is 4. The molecule has 7 heteroatoms. The van der Waals surface area contributed by atoms with E-state index in [9.17, 15) is 18.0 Å². The van der Waals surface area contributed by atoms with Crippen LogP contribution in [0, 0.1) is 0 Å². The van der Waals surface area contributed by atoms with Crippen LogP contribution in [0.2, 0.25) is 5.02 Å². The first-order chi connectivity index (χ1) is 9.20. The van der Waals surface area contributed by atoms with Crippen LogP contribution in [0.25, 0.3) is 0 Å². The van der Waals surface area contributed by atoms with Crippen molar-refractivity contribution in [2.75, 3.05) is 6.61 Å². The van der Waals surface area contributed by atoms with Gasteiger partial charge >= 0.3 is 6.18 Å². The lowest BCUT2D eigenvalue weighted by Gasteiger charge is -2.18. The van der Waals surface area contributed by atoms with Gasteiger partial charge in [-0.1, -0.05) is 11.6 Å². The van der Waals surface area contributed by atoms with Crippen LogP contribution in [0.1, 0.15) is 25.3 Å². The smallest absolute Gasteiger partial charge is 0.422 e. The van der Waals surface area contributed by atoms with Crippen LogP contribution < -0.4 is 10.1 Å². The minimum atomic E-state index is -4.41. The minimum absolute atomic E-state index is 0.0430. The number of carbonyl (C=O) groups is 1. The Balaban J connectivity index is 2.19. The Morgan fingerprint density at radius 1 is 1.40 bits per heavy atom. The summed E-state index contributed by atoms with van der Waals surface area (Å²) in [5.41, 5.74) is 0.143. The second-order valence-corrected chi connectivity index (χ2v) is 5.28. The van der Waals surface area contributed by atoms with Crippen LogP contribution in [0.3, 0.4) is 0 Å². The second-order valence-electron chi connectivity index (χ2n) is 4.84. The normalized spacial score (nSPS) is 16.6. The molecule has 0 aliphatic heterocycles. The second kappa shape index (κ2) is 5.16. The fraction of sp³-hybridized carbons (Fsp3) is 0.462. The number of benzene rings is 1. The third-order valence-electron chi connectivity index (χ3n) is 2.99. The lowest BCUT2D eigenvalue weighted by atomic mass is 10.0. The van der Waals surface area contributed by atoms with Crippen molar-refractivity contribution in [1.82, 2.24) is 5.32 Å².